The van der Waals surface area contributed by atoms with Gasteiger partial charge in [-0.3, -0.25) is 9.36 Å². The molecule has 0 radical (unpaired) electrons. The zero-order chi connectivity index (χ0) is 26.2. The first-order valence-electron chi connectivity index (χ1n) is 11.8. The topological polar surface area (TPSA) is 102 Å². The summed E-state index contributed by atoms with van der Waals surface area (Å²) >= 11 is 1.17. The fourth-order valence-electron chi connectivity index (χ4n) is 3.99. The van der Waals surface area contributed by atoms with Gasteiger partial charge in [-0.05, 0) is 36.8 Å². The Morgan fingerprint density at radius 3 is 2.49 bits per heavy atom. The van der Waals surface area contributed by atoms with Crippen LogP contribution in [0.5, 0.6) is 5.75 Å². The number of rotatable bonds is 12. The van der Waals surface area contributed by atoms with Crippen LogP contribution in [0.1, 0.15) is 23.6 Å². The zero-order valence-electron chi connectivity index (χ0n) is 20.6. The lowest BCUT2D eigenvalue weighted by Crippen LogP contribution is -2.39. The minimum atomic E-state index is -1.23. The van der Waals surface area contributed by atoms with Gasteiger partial charge in [-0.15, -0.1) is 0 Å². The van der Waals surface area contributed by atoms with Crippen molar-refractivity contribution in [3.05, 3.63) is 99.2 Å². The molecule has 37 heavy (non-hydrogen) atoms. The third kappa shape index (κ3) is 6.44. The molecule has 0 amide bonds. The highest BCUT2D eigenvalue weighted by atomic mass is 32.1. The van der Waals surface area contributed by atoms with Crippen molar-refractivity contribution in [2.45, 2.75) is 26.0 Å². The van der Waals surface area contributed by atoms with E-state index in [1.807, 2.05) is 48.5 Å². The van der Waals surface area contributed by atoms with Gasteiger partial charge in [0.15, 0.2) is 0 Å². The predicted octanol–water partition coefficient (Wildman–Crippen LogP) is 3.24. The number of carboxylic acid groups (broad SMARTS) is 1. The summed E-state index contributed by atoms with van der Waals surface area (Å²) in [5.74, 6) is -0.603. The Hall–Kier alpha value is -3.95. The number of carboxylic acids is 1. The highest BCUT2D eigenvalue weighted by molar-refractivity contribution is 7.16. The summed E-state index contributed by atoms with van der Waals surface area (Å²) in [5.41, 5.74) is 4.10. The van der Waals surface area contributed by atoms with Crippen molar-refractivity contribution in [2.75, 3.05) is 20.3 Å². The van der Waals surface area contributed by atoms with Crippen molar-refractivity contribution in [3.8, 4) is 5.75 Å². The number of hydrogen-bond acceptors (Lipinski definition) is 8. The molecular weight excluding hydrogens is 492 g/mol. The Morgan fingerprint density at radius 2 is 1.81 bits per heavy atom. The molecule has 3 aromatic carbocycles. The fraction of sp³-hybridized carbons (Fsp3) is 0.250. The minimum Gasteiger partial charge on any atom is -0.547 e. The SMILES string of the molecule is CCOC(Cc1ccc(OCCn2c(=O)sc3cc(/C(=N/OC)c4ccccc4)ccc32)cc1)C(=O)[O-]. The van der Waals surface area contributed by atoms with Crippen LogP contribution in [0.15, 0.2) is 82.7 Å². The Bertz CT molecular complexity index is 1430. The molecule has 0 aliphatic heterocycles. The van der Waals surface area contributed by atoms with Crippen molar-refractivity contribution in [3.63, 3.8) is 0 Å². The zero-order valence-corrected chi connectivity index (χ0v) is 21.4. The van der Waals surface area contributed by atoms with Crippen molar-refractivity contribution in [2.24, 2.45) is 5.16 Å². The molecule has 4 aromatic rings. The molecule has 0 aliphatic rings. The molecule has 0 bridgehead atoms. The average molecular weight is 520 g/mol. The van der Waals surface area contributed by atoms with E-state index in [0.29, 0.717) is 31.2 Å². The molecule has 1 aromatic heterocycles. The van der Waals surface area contributed by atoms with Crippen LogP contribution in [-0.2, 0) is 27.3 Å². The van der Waals surface area contributed by atoms with Crippen molar-refractivity contribution in [1.82, 2.24) is 4.57 Å². The van der Waals surface area contributed by atoms with Gasteiger partial charge in [0.1, 0.15) is 31.3 Å². The first-order valence-corrected chi connectivity index (χ1v) is 12.7. The van der Waals surface area contributed by atoms with E-state index >= 15 is 0 Å². The number of carbonyl (C=O) groups excluding carboxylic acids is 1. The van der Waals surface area contributed by atoms with E-state index in [4.69, 9.17) is 14.3 Å². The first-order chi connectivity index (χ1) is 18.0. The van der Waals surface area contributed by atoms with Crippen LogP contribution in [0.4, 0.5) is 0 Å². The largest absolute Gasteiger partial charge is 0.547 e. The number of hydrogen-bond donors (Lipinski definition) is 0. The highest BCUT2D eigenvalue weighted by Crippen LogP contribution is 2.22. The summed E-state index contributed by atoms with van der Waals surface area (Å²) in [4.78, 5) is 28.9. The summed E-state index contributed by atoms with van der Waals surface area (Å²) in [6.45, 7) is 2.72. The number of aromatic nitrogens is 1. The van der Waals surface area contributed by atoms with Crippen LogP contribution < -0.4 is 14.7 Å². The van der Waals surface area contributed by atoms with Gasteiger partial charge in [0.05, 0.1) is 22.7 Å². The molecule has 0 saturated carbocycles. The third-order valence-corrected chi connectivity index (χ3v) is 6.67. The third-order valence-electron chi connectivity index (χ3n) is 5.73. The Labute approximate surface area is 218 Å². The van der Waals surface area contributed by atoms with E-state index in [1.54, 1.807) is 35.8 Å². The molecular formula is C28H27N2O6S-. The Kier molecular flexibility index (Phi) is 8.71. The smallest absolute Gasteiger partial charge is 0.308 e. The van der Waals surface area contributed by atoms with E-state index in [9.17, 15) is 14.7 Å². The maximum Gasteiger partial charge on any atom is 0.308 e. The monoisotopic (exact) mass is 519 g/mol. The molecule has 0 N–H and O–H groups in total. The van der Waals surface area contributed by atoms with Gasteiger partial charge in [-0.25, -0.2) is 0 Å². The molecule has 0 fully saturated rings. The normalized spacial score (nSPS) is 12.4. The van der Waals surface area contributed by atoms with Crippen molar-refractivity contribution >= 4 is 33.2 Å². The lowest BCUT2D eigenvalue weighted by Gasteiger charge is -2.18. The average Bonchev–Trinajstić information content (AvgIpc) is 3.22. The van der Waals surface area contributed by atoms with E-state index in [-0.39, 0.29) is 11.3 Å². The molecule has 1 unspecified atom stereocenters. The summed E-state index contributed by atoms with van der Waals surface area (Å²) in [6.07, 6.45) is -0.768. The number of fused-ring (bicyclic) bond motifs is 1. The van der Waals surface area contributed by atoms with Gasteiger partial charge in [-0.1, -0.05) is 65.0 Å². The lowest BCUT2D eigenvalue weighted by molar-refractivity contribution is -0.316. The molecule has 4 rings (SSSR count). The van der Waals surface area contributed by atoms with Crippen LogP contribution in [0.2, 0.25) is 0 Å². The Balaban J connectivity index is 1.43. The number of nitrogens with zero attached hydrogens (tertiary/aromatic N) is 2. The van der Waals surface area contributed by atoms with E-state index in [0.717, 1.165) is 26.9 Å². The molecule has 0 aliphatic carbocycles. The molecule has 9 heteroatoms. The first kappa shape index (κ1) is 26.1. The second-order valence-electron chi connectivity index (χ2n) is 8.15. The maximum absolute atomic E-state index is 12.7. The van der Waals surface area contributed by atoms with Gasteiger partial charge in [-0.2, -0.15) is 0 Å². The summed E-state index contributed by atoms with van der Waals surface area (Å²) in [6, 6.07) is 22.7. The second-order valence-corrected chi connectivity index (χ2v) is 9.14. The van der Waals surface area contributed by atoms with E-state index in [2.05, 4.69) is 5.16 Å². The number of aliphatic carboxylic acids is 1. The van der Waals surface area contributed by atoms with Gasteiger partial charge in [0.25, 0.3) is 0 Å². The number of carbonyl (C=O) groups is 1. The van der Waals surface area contributed by atoms with Crippen LogP contribution in [0.25, 0.3) is 10.2 Å². The quantitative estimate of drug-likeness (QED) is 0.210. The molecule has 1 atom stereocenters. The number of oxime groups is 1. The van der Waals surface area contributed by atoms with E-state index in [1.165, 1.54) is 18.4 Å². The number of ether oxygens (including phenoxy) is 2. The van der Waals surface area contributed by atoms with Crippen molar-refractivity contribution in [1.29, 1.82) is 0 Å². The van der Waals surface area contributed by atoms with Crippen LogP contribution in [0.3, 0.4) is 0 Å². The fourth-order valence-corrected chi connectivity index (χ4v) is 4.94. The van der Waals surface area contributed by atoms with Crippen LogP contribution in [-0.4, -0.2) is 42.7 Å². The molecule has 1 heterocycles. The summed E-state index contributed by atoms with van der Waals surface area (Å²) in [7, 11) is 1.51. The second kappa shape index (κ2) is 12.3. The summed E-state index contributed by atoms with van der Waals surface area (Å²) in [5, 5.41) is 15.4. The summed E-state index contributed by atoms with van der Waals surface area (Å²) < 4.78 is 13.6. The molecule has 8 nitrogen and oxygen atoms in total. The molecule has 0 saturated heterocycles. The Morgan fingerprint density at radius 1 is 1.05 bits per heavy atom. The van der Waals surface area contributed by atoms with Gasteiger partial charge in [0.2, 0.25) is 0 Å². The minimum absolute atomic E-state index is 0.0692. The van der Waals surface area contributed by atoms with E-state index < -0.39 is 12.1 Å². The molecule has 0 spiro atoms. The van der Waals surface area contributed by atoms with Crippen molar-refractivity contribution < 1.29 is 24.2 Å². The number of benzene rings is 3. The number of thiazole rings is 1. The van der Waals surface area contributed by atoms with Gasteiger partial charge < -0.3 is 24.2 Å². The molecule has 192 valence electrons. The predicted molar refractivity (Wildman–Crippen MR) is 141 cm³/mol. The maximum atomic E-state index is 12.7. The van der Waals surface area contributed by atoms with Crippen LogP contribution in [0, 0.1) is 0 Å². The van der Waals surface area contributed by atoms with Crippen LogP contribution >= 0.6 is 11.3 Å². The highest BCUT2D eigenvalue weighted by Gasteiger charge is 2.14. The lowest BCUT2D eigenvalue weighted by atomic mass is 10.0. The standard InChI is InChI=1S/C28H28N2O6S/c1-3-35-24(27(31)32)17-19-9-12-22(13-10-19)36-16-15-30-23-14-11-21(18-25(23)37-28(30)33)26(29-34-2)20-7-5-4-6-8-20/h4-14,18,24H,3,15-17H2,1-2H3,(H,31,32)/p-1/b29-26+. The van der Waals surface area contributed by atoms with Gasteiger partial charge >= 0.3 is 4.87 Å². The van der Waals surface area contributed by atoms with Gasteiger partial charge in [0, 0.05) is 24.2 Å².